The number of rotatable bonds is 7. The Balaban J connectivity index is 2.21. The predicted octanol–water partition coefficient (Wildman–Crippen LogP) is 3.18. The average Bonchev–Trinajstić information content (AvgIpc) is 2.39. The molecule has 0 spiro atoms. The summed E-state index contributed by atoms with van der Waals surface area (Å²) in [5, 5.41) is 0. The second-order valence-corrected chi connectivity index (χ2v) is 3.88. The number of hydrogen-bond donors (Lipinski definition) is 0. The van der Waals surface area contributed by atoms with Crippen molar-refractivity contribution in [2.24, 2.45) is 0 Å². The summed E-state index contributed by atoms with van der Waals surface area (Å²) in [6.07, 6.45) is -3.45. The van der Waals surface area contributed by atoms with Crippen LogP contribution in [0.2, 0.25) is 0 Å². The third-order valence-corrected chi connectivity index (χ3v) is 2.33. The van der Waals surface area contributed by atoms with Crippen molar-refractivity contribution >= 4 is 15.9 Å². The van der Waals surface area contributed by atoms with Crippen LogP contribution < -0.4 is 4.74 Å². The van der Waals surface area contributed by atoms with Crippen LogP contribution in [0.1, 0.15) is 5.56 Å². The highest BCUT2D eigenvalue weighted by molar-refractivity contribution is 9.12. The minimum absolute atomic E-state index is 0.0611. The highest BCUT2D eigenvalue weighted by Gasteiger charge is 2.26. The molecule has 0 radical (unpaired) electrons. The van der Waals surface area contributed by atoms with E-state index in [9.17, 15) is 8.78 Å². The Morgan fingerprint density at radius 2 is 1.89 bits per heavy atom. The summed E-state index contributed by atoms with van der Waals surface area (Å²) < 4.78 is 40.0. The van der Waals surface area contributed by atoms with E-state index in [4.69, 9.17) is 9.47 Å². The fourth-order valence-electron chi connectivity index (χ4n) is 1.23. The van der Waals surface area contributed by atoms with Gasteiger partial charge in [0.25, 0.3) is 0 Å². The van der Waals surface area contributed by atoms with Gasteiger partial charge in [-0.15, -0.1) is 0 Å². The molecule has 0 aliphatic heterocycles. The molecule has 0 aliphatic rings. The van der Waals surface area contributed by atoms with Crippen molar-refractivity contribution in [3.05, 3.63) is 29.8 Å². The summed E-state index contributed by atoms with van der Waals surface area (Å²) in [6, 6.07) is 7.28. The molecule has 0 amide bonds. The van der Waals surface area contributed by atoms with Gasteiger partial charge in [-0.1, -0.05) is 12.1 Å². The number of alkyl halides is 2. The number of hydrogen-bond acceptors (Lipinski definition) is 3. The topological polar surface area (TPSA) is 27.7 Å². The maximum Gasteiger partial charge on any atom is 0.424 e. The van der Waals surface area contributed by atoms with E-state index in [1.807, 2.05) is 17.0 Å². The van der Waals surface area contributed by atoms with E-state index in [0.29, 0.717) is 6.61 Å². The molecule has 0 heterocycles. The number of ether oxygens (including phenoxy) is 3. The molecule has 0 unspecified atom stereocenters. The molecular formula is C13H13BrF2O3. The summed E-state index contributed by atoms with van der Waals surface area (Å²) >= 11 is 2.59. The second kappa shape index (κ2) is 8.10. The maximum atomic E-state index is 12.8. The first-order valence-electron chi connectivity index (χ1n) is 5.42. The van der Waals surface area contributed by atoms with Gasteiger partial charge in [0.1, 0.15) is 5.75 Å². The van der Waals surface area contributed by atoms with Crippen LogP contribution in [-0.4, -0.2) is 26.4 Å². The van der Waals surface area contributed by atoms with Gasteiger partial charge < -0.3 is 14.2 Å². The third-order valence-electron chi connectivity index (χ3n) is 2.13. The summed E-state index contributed by atoms with van der Waals surface area (Å²) in [5.74, 6) is 2.33. The standard InChI is InChI=1S/C13H13BrF2O3/c1-17-12-4-2-11(3-5-12)10-18-8-9-19-13(15,16)6-7-14/h2-5H,8-10H2,1H3. The van der Waals surface area contributed by atoms with Crippen LogP contribution in [0, 0.1) is 10.8 Å². The zero-order valence-corrected chi connectivity index (χ0v) is 11.9. The molecule has 0 bridgehead atoms. The number of halogens is 3. The Kier molecular flexibility index (Phi) is 6.78. The molecule has 0 aromatic heterocycles. The van der Waals surface area contributed by atoms with Gasteiger partial charge in [0.15, 0.2) is 0 Å². The molecule has 1 aromatic rings. The van der Waals surface area contributed by atoms with Crippen LogP contribution in [0.3, 0.4) is 0 Å². The minimum atomic E-state index is -3.45. The van der Waals surface area contributed by atoms with Crippen molar-refractivity contribution in [1.29, 1.82) is 0 Å². The molecule has 1 rings (SSSR count). The zero-order chi connectivity index (χ0) is 14.1. The van der Waals surface area contributed by atoms with E-state index in [0.717, 1.165) is 11.3 Å². The Bertz CT molecular complexity index is 437. The first-order chi connectivity index (χ1) is 9.07. The Morgan fingerprint density at radius 1 is 1.21 bits per heavy atom. The highest BCUT2D eigenvalue weighted by Crippen LogP contribution is 2.14. The molecule has 0 fully saturated rings. The Morgan fingerprint density at radius 3 is 2.47 bits per heavy atom. The molecule has 1 aromatic carbocycles. The molecule has 6 heteroatoms. The lowest BCUT2D eigenvalue weighted by molar-refractivity contribution is -0.199. The molecule has 0 saturated carbocycles. The van der Waals surface area contributed by atoms with Crippen molar-refractivity contribution in [3.63, 3.8) is 0 Å². The number of methoxy groups -OCH3 is 1. The van der Waals surface area contributed by atoms with Crippen molar-refractivity contribution in [2.45, 2.75) is 12.7 Å². The van der Waals surface area contributed by atoms with Crippen molar-refractivity contribution < 1.29 is 23.0 Å². The molecular weight excluding hydrogens is 322 g/mol. The van der Waals surface area contributed by atoms with Crippen LogP contribution in [-0.2, 0) is 16.1 Å². The van der Waals surface area contributed by atoms with E-state index in [1.165, 1.54) is 0 Å². The zero-order valence-electron chi connectivity index (χ0n) is 10.3. The smallest absolute Gasteiger partial charge is 0.424 e. The van der Waals surface area contributed by atoms with Crippen molar-refractivity contribution in [1.82, 2.24) is 0 Å². The monoisotopic (exact) mass is 334 g/mol. The van der Waals surface area contributed by atoms with Gasteiger partial charge >= 0.3 is 6.11 Å². The predicted molar refractivity (Wildman–Crippen MR) is 70.3 cm³/mol. The minimum Gasteiger partial charge on any atom is -0.497 e. The molecule has 0 aliphatic carbocycles. The Labute approximate surface area is 119 Å². The number of benzene rings is 1. The molecule has 0 atom stereocenters. The molecule has 0 N–H and O–H groups in total. The molecule has 0 saturated heterocycles. The first kappa shape index (κ1) is 15.9. The quantitative estimate of drug-likeness (QED) is 0.566. The van der Waals surface area contributed by atoms with Gasteiger partial charge in [-0.05, 0) is 22.5 Å². The molecule has 3 nitrogen and oxygen atoms in total. The van der Waals surface area contributed by atoms with Crippen LogP contribution in [0.15, 0.2) is 24.3 Å². The van der Waals surface area contributed by atoms with Gasteiger partial charge in [-0.25, -0.2) is 0 Å². The fourth-order valence-corrected chi connectivity index (χ4v) is 1.46. The van der Waals surface area contributed by atoms with E-state index < -0.39 is 6.11 Å². The first-order valence-corrected chi connectivity index (χ1v) is 6.22. The lowest BCUT2D eigenvalue weighted by Crippen LogP contribution is -2.20. The van der Waals surface area contributed by atoms with Gasteiger partial charge in [-0.2, -0.15) is 8.78 Å². The normalized spacial score (nSPS) is 10.7. The lowest BCUT2D eigenvalue weighted by atomic mass is 10.2. The second-order valence-electron chi connectivity index (χ2n) is 3.49. The van der Waals surface area contributed by atoms with Crippen molar-refractivity contribution in [3.8, 4) is 16.5 Å². The lowest BCUT2D eigenvalue weighted by Gasteiger charge is -2.10. The van der Waals surface area contributed by atoms with E-state index in [-0.39, 0.29) is 13.2 Å². The van der Waals surface area contributed by atoms with Gasteiger partial charge in [0.05, 0.1) is 26.9 Å². The summed E-state index contributed by atoms with van der Waals surface area (Å²) in [4.78, 5) is 1.92. The van der Waals surface area contributed by atoms with Crippen LogP contribution >= 0.6 is 15.9 Å². The summed E-state index contributed by atoms with van der Waals surface area (Å²) in [7, 11) is 1.58. The van der Waals surface area contributed by atoms with Crippen molar-refractivity contribution in [2.75, 3.05) is 20.3 Å². The van der Waals surface area contributed by atoms with Gasteiger partial charge in [-0.3, -0.25) is 0 Å². The van der Waals surface area contributed by atoms with E-state index >= 15 is 0 Å². The van der Waals surface area contributed by atoms with Gasteiger partial charge in [0, 0.05) is 21.9 Å². The van der Waals surface area contributed by atoms with Crippen LogP contribution in [0.25, 0.3) is 0 Å². The SMILES string of the molecule is COc1ccc(COCCOC(F)(F)C#CBr)cc1. The van der Waals surface area contributed by atoms with Gasteiger partial charge in [0.2, 0.25) is 0 Å². The summed E-state index contributed by atoms with van der Waals surface area (Å²) in [5.41, 5.74) is 0.924. The molecule has 19 heavy (non-hydrogen) atoms. The molecule has 104 valence electrons. The van der Waals surface area contributed by atoms with Crippen LogP contribution in [0.5, 0.6) is 5.75 Å². The largest absolute Gasteiger partial charge is 0.497 e. The van der Waals surface area contributed by atoms with Crippen LogP contribution in [0.4, 0.5) is 8.78 Å². The summed E-state index contributed by atoms with van der Waals surface area (Å²) in [6.45, 7) is 0.152. The van der Waals surface area contributed by atoms with E-state index in [2.05, 4.69) is 20.7 Å². The van der Waals surface area contributed by atoms with E-state index in [1.54, 1.807) is 25.2 Å². The third kappa shape index (κ3) is 6.53. The average molecular weight is 335 g/mol. The maximum absolute atomic E-state index is 12.8. The fraction of sp³-hybridized carbons (Fsp3) is 0.385. The highest BCUT2D eigenvalue weighted by atomic mass is 79.9. The Hall–Kier alpha value is -1.16.